The molecule has 0 bridgehead atoms. The van der Waals surface area contributed by atoms with E-state index in [1.165, 1.54) is 6.20 Å². The molecule has 0 radical (unpaired) electrons. The summed E-state index contributed by atoms with van der Waals surface area (Å²) in [6, 6.07) is 0.272. The van der Waals surface area contributed by atoms with Gasteiger partial charge in [0, 0.05) is 0 Å². The summed E-state index contributed by atoms with van der Waals surface area (Å²) in [5.74, 6) is 0.176. The van der Waals surface area contributed by atoms with Gasteiger partial charge in [0.15, 0.2) is 0 Å². The highest BCUT2D eigenvalue weighted by Crippen LogP contribution is 2.35. The maximum Gasteiger partial charge on any atom is 0.330 e. The molecule has 1 aromatic rings. The van der Waals surface area contributed by atoms with Crippen LogP contribution in [0.15, 0.2) is 6.20 Å². The fourth-order valence-corrected chi connectivity index (χ4v) is 1.43. The topological polar surface area (TPSA) is 87.0 Å². The average Bonchev–Trinajstić information content (AvgIpc) is 2.29. The van der Waals surface area contributed by atoms with E-state index in [2.05, 4.69) is 5.10 Å². The molecule has 0 aliphatic heterocycles. The van der Waals surface area contributed by atoms with Gasteiger partial charge >= 0.3 is 5.69 Å². The van der Waals surface area contributed by atoms with E-state index in [9.17, 15) is 10.1 Å². The molecule has 0 spiro atoms. The van der Waals surface area contributed by atoms with Gasteiger partial charge in [0.05, 0.1) is 11.0 Å². The summed E-state index contributed by atoms with van der Waals surface area (Å²) in [5, 5.41) is 14.3. The number of nitrogens with zero attached hydrogens (tertiary/aromatic N) is 3. The van der Waals surface area contributed by atoms with Crippen molar-refractivity contribution in [1.82, 2.24) is 9.78 Å². The molecule has 13 heavy (non-hydrogen) atoms. The second kappa shape index (κ2) is 2.72. The molecule has 0 amide bonds. The molecule has 1 fully saturated rings. The minimum absolute atomic E-state index is 0.0908. The van der Waals surface area contributed by atoms with Crippen molar-refractivity contribution in [2.75, 3.05) is 5.73 Å². The quantitative estimate of drug-likeness (QED) is 0.548. The van der Waals surface area contributed by atoms with E-state index in [0.29, 0.717) is 0 Å². The Kier molecular flexibility index (Phi) is 1.68. The van der Waals surface area contributed by atoms with Crippen LogP contribution < -0.4 is 5.73 Å². The van der Waals surface area contributed by atoms with Gasteiger partial charge in [-0.25, -0.2) is 4.68 Å². The first kappa shape index (κ1) is 8.03. The Labute approximate surface area is 74.5 Å². The van der Waals surface area contributed by atoms with Crippen molar-refractivity contribution in [3.8, 4) is 0 Å². The lowest BCUT2D eigenvalue weighted by molar-refractivity contribution is -0.384. The van der Waals surface area contributed by atoms with Gasteiger partial charge in [0.2, 0.25) is 5.82 Å². The number of nitrogens with two attached hydrogens (primary N) is 1. The highest BCUT2D eigenvalue weighted by atomic mass is 16.6. The highest BCUT2D eigenvalue weighted by molar-refractivity contribution is 5.51. The third-order valence-electron chi connectivity index (χ3n) is 2.43. The highest BCUT2D eigenvalue weighted by Gasteiger charge is 2.26. The Morgan fingerprint density at radius 3 is 2.77 bits per heavy atom. The standard InChI is InChI=1S/C7H10N4O2/c8-7-6(11(12)13)4-9-10(7)5-2-1-3-5/h4-5H,1-3,8H2. The fraction of sp³-hybridized carbons (Fsp3) is 0.571. The molecule has 6 nitrogen and oxygen atoms in total. The van der Waals surface area contributed by atoms with Crippen molar-refractivity contribution in [1.29, 1.82) is 0 Å². The Hall–Kier alpha value is -1.59. The second-order valence-electron chi connectivity index (χ2n) is 3.20. The van der Waals surface area contributed by atoms with E-state index in [4.69, 9.17) is 5.73 Å². The predicted molar refractivity (Wildman–Crippen MR) is 46.2 cm³/mol. The average molecular weight is 182 g/mol. The third-order valence-corrected chi connectivity index (χ3v) is 2.43. The number of hydrogen-bond acceptors (Lipinski definition) is 4. The van der Waals surface area contributed by atoms with Crippen LogP contribution >= 0.6 is 0 Å². The molecular formula is C7H10N4O2. The first-order valence-electron chi connectivity index (χ1n) is 4.17. The van der Waals surface area contributed by atoms with Crippen LogP contribution in [0.25, 0.3) is 0 Å². The smallest absolute Gasteiger partial charge is 0.330 e. The van der Waals surface area contributed by atoms with Crippen LogP contribution in [-0.4, -0.2) is 14.7 Å². The molecule has 2 rings (SSSR count). The number of hydrogen-bond donors (Lipinski definition) is 1. The summed E-state index contributed by atoms with van der Waals surface area (Å²) in [4.78, 5) is 9.93. The van der Waals surface area contributed by atoms with Crippen LogP contribution in [0.1, 0.15) is 25.3 Å². The lowest BCUT2D eigenvalue weighted by Crippen LogP contribution is -2.19. The van der Waals surface area contributed by atoms with Gasteiger partial charge < -0.3 is 5.73 Å². The van der Waals surface area contributed by atoms with E-state index < -0.39 is 4.92 Å². The van der Waals surface area contributed by atoms with Gasteiger partial charge in [-0.15, -0.1) is 0 Å². The summed E-state index contributed by atoms with van der Waals surface area (Å²) in [6.45, 7) is 0. The third kappa shape index (κ3) is 1.14. The minimum atomic E-state index is -0.502. The summed E-state index contributed by atoms with van der Waals surface area (Å²) < 4.78 is 1.56. The first-order valence-corrected chi connectivity index (χ1v) is 4.17. The summed E-state index contributed by atoms with van der Waals surface area (Å²) in [5.41, 5.74) is 5.48. The van der Waals surface area contributed by atoms with E-state index in [0.717, 1.165) is 19.3 Å². The van der Waals surface area contributed by atoms with E-state index in [-0.39, 0.29) is 17.5 Å². The van der Waals surface area contributed by atoms with Crippen LogP contribution in [0.4, 0.5) is 11.5 Å². The summed E-state index contributed by atoms with van der Waals surface area (Å²) >= 11 is 0. The Balaban J connectivity index is 2.32. The predicted octanol–water partition coefficient (Wildman–Crippen LogP) is 1.10. The molecule has 70 valence electrons. The van der Waals surface area contributed by atoms with Crippen molar-refractivity contribution in [3.05, 3.63) is 16.3 Å². The molecule has 0 saturated heterocycles. The molecule has 0 unspecified atom stereocenters. The van der Waals surface area contributed by atoms with Crippen LogP contribution in [0, 0.1) is 10.1 Å². The molecule has 1 aliphatic rings. The number of anilines is 1. The SMILES string of the molecule is Nc1c([N+](=O)[O-])cnn1C1CCC1. The summed E-state index contributed by atoms with van der Waals surface area (Å²) in [6.07, 6.45) is 4.40. The van der Waals surface area contributed by atoms with Gasteiger partial charge in [-0.3, -0.25) is 10.1 Å². The molecule has 2 N–H and O–H groups in total. The van der Waals surface area contributed by atoms with Crippen molar-refractivity contribution in [2.24, 2.45) is 0 Å². The van der Waals surface area contributed by atoms with Crippen LogP contribution in [0.2, 0.25) is 0 Å². The molecular weight excluding hydrogens is 172 g/mol. The van der Waals surface area contributed by atoms with Gasteiger partial charge in [0.25, 0.3) is 0 Å². The van der Waals surface area contributed by atoms with Crippen LogP contribution in [0.3, 0.4) is 0 Å². The largest absolute Gasteiger partial charge is 0.378 e. The first-order chi connectivity index (χ1) is 6.20. The molecule has 0 aromatic carbocycles. The molecule has 1 saturated carbocycles. The normalized spacial score (nSPS) is 16.9. The monoisotopic (exact) mass is 182 g/mol. The molecule has 1 heterocycles. The van der Waals surface area contributed by atoms with E-state index in [1.54, 1.807) is 4.68 Å². The zero-order chi connectivity index (χ0) is 9.42. The summed E-state index contributed by atoms with van der Waals surface area (Å²) in [7, 11) is 0. The number of rotatable bonds is 2. The maximum absolute atomic E-state index is 10.4. The van der Waals surface area contributed by atoms with Crippen molar-refractivity contribution in [2.45, 2.75) is 25.3 Å². The van der Waals surface area contributed by atoms with E-state index in [1.807, 2.05) is 0 Å². The lowest BCUT2D eigenvalue weighted by atomic mass is 9.93. The zero-order valence-electron chi connectivity index (χ0n) is 7.01. The Morgan fingerprint density at radius 1 is 1.69 bits per heavy atom. The minimum Gasteiger partial charge on any atom is -0.378 e. The number of nitrogen functional groups attached to an aromatic ring is 1. The van der Waals surface area contributed by atoms with Gasteiger partial charge in [-0.1, -0.05) is 0 Å². The van der Waals surface area contributed by atoms with Gasteiger partial charge in [-0.05, 0) is 19.3 Å². The van der Waals surface area contributed by atoms with Crippen molar-refractivity contribution < 1.29 is 4.92 Å². The maximum atomic E-state index is 10.4. The van der Waals surface area contributed by atoms with Gasteiger partial charge in [0.1, 0.15) is 6.20 Å². The Morgan fingerprint density at radius 2 is 2.38 bits per heavy atom. The van der Waals surface area contributed by atoms with Crippen molar-refractivity contribution in [3.63, 3.8) is 0 Å². The van der Waals surface area contributed by atoms with Crippen LogP contribution in [0.5, 0.6) is 0 Å². The van der Waals surface area contributed by atoms with E-state index >= 15 is 0 Å². The molecule has 1 aromatic heterocycles. The van der Waals surface area contributed by atoms with Gasteiger partial charge in [-0.2, -0.15) is 5.10 Å². The second-order valence-corrected chi connectivity index (χ2v) is 3.20. The number of aromatic nitrogens is 2. The Bertz CT molecular complexity index is 342. The fourth-order valence-electron chi connectivity index (χ4n) is 1.43. The number of nitro groups is 1. The molecule has 1 aliphatic carbocycles. The van der Waals surface area contributed by atoms with Crippen LogP contribution in [-0.2, 0) is 0 Å². The zero-order valence-corrected chi connectivity index (χ0v) is 7.01. The molecule has 0 atom stereocenters. The van der Waals surface area contributed by atoms with Crippen molar-refractivity contribution >= 4 is 11.5 Å². The molecule has 6 heteroatoms. The lowest BCUT2D eigenvalue weighted by Gasteiger charge is -2.25.